The van der Waals surface area contributed by atoms with E-state index in [1.54, 1.807) is 0 Å². The van der Waals surface area contributed by atoms with Gasteiger partial charge in [-0.3, -0.25) is 0 Å². The van der Waals surface area contributed by atoms with Gasteiger partial charge in [-0.05, 0) is 20.8 Å². The lowest BCUT2D eigenvalue weighted by atomic mass is 10.2. The van der Waals surface area contributed by atoms with Crippen LogP contribution in [0.25, 0.3) is 0 Å². The molecule has 0 bridgehead atoms. The third kappa shape index (κ3) is 7.50. The Morgan fingerprint density at radius 1 is 1.58 bits per heavy atom. The second kappa shape index (κ2) is 4.42. The fourth-order valence-electron chi connectivity index (χ4n) is 0.598. The molecule has 0 spiro atoms. The molecule has 0 fully saturated rings. The Balaban J connectivity index is 3.57. The number of carbonyl (C=O) groups excluding carboxylic acids is 1. The van der Waals surface area contributed by atoms with Crippen LogP contribution in [0.4, 0.5) is 0 Å². The van der Waals surface area contributed by atoms with Crippen LogP contribution in [-0.4, -0.2) is 29.4 Å². The Morgan fingerprint density at radius 3 is 2.42 bits per heavy atom. The fraction of sp³-hybridized carbons (Fsp3) is 0.875. The number of aliphatic carboxylic acids is 1. The number of aliphatic hydroxyl groups excluding tert-OH is 1. The number of hydrogen-bond acceptors (Lipinski definition) is 4. The van der Waals surface area contributed by atoms with E-state index < -0.39 is 12.1 Å². The maximum Gasteiger partial charge on any atom is 0.0825 e. The largest absolute Gasteiger partial charge is 0.550 e. The Kier molecular flexibility index (Phi) is 4.20. The number of carbonyl (C=O) groups is 1. The third-order valence-corrected chi connectivity index (χ3v) is 1.11. The highest BCUT2D eigenvalue weighted by atomic mass is 16.5. The standard InChI is InChI=1S/C8H16O4/c1-8(2,3)12-5-6(9)4-7(10)11/h6,9H,4-5H2,1-3H3,(H,10,11)/p-1/t6-/m0/s1. The molecule has 0 saturated heterocycles. The summed E-state index contributed by atoms with van der Waals surface area (Å²) >= 11 is 0. The van der Waals surface area contributed by atoms with Gasteiger partial charge in [0.05, 0.1) is 18.3 Å². The minimum absolute atomic E-state index is 0.0253. The maximum absolute atomic E-state index is 10.0. The predicted molar refractivity (Wildman–Crippen MR) is 41.3 cm³/mol. The van der Waals surface area contributed by atoms with E-state index in [2.05, 4.69) is 0 Å². The summed E-state index contributed by atoms with van der Waals surface area (Å²) in [5, 5.41) is 19.0. The molecule has 0 aliphatic heterocycles. The molecule has 4 nitrogen and oxygen atoms in total. The van der Waals surface area contributed by atoms with E-state index in [1.807, 2.05) is 20.8 Å². The van der Waals surface area contributed by atoms with Crippen molar-refractivity contribution in [2.24, 2.45) is 0 Å². The molecule has 0 aliphatic carbocycles. The molecule has 0 aliphatic rings. The molecular formula is C8H15O4-. The Labute approximate surface area is 72.2 Å². The van der Waals surface area contributed by atoms with Gasteiger partial charge in [-0.15, -0.1) is 0 Å². The van der Waals surface area contributed by atoms with Crippen molar-refractivity contribution >= 4 is 5.97 Å². The molecule has 4 heteroatoms. The highest BCUT2D eigenvalue weighted by Crippen LogP contribution is 2.07. The lowest BCUT2D eigenvalue weighted by molar-refractivity contribution is -0.307. The van der Waals surface area contributed by atoms with Gasteiger partial charge in [0.15, 0.2) is 0 Å². The monoisotopic (exact) mass is 175 g/mol. The van der Waals surface area contributed by atoms with Gasteiger partial charge in [-0.2, -0.15) is 0 Å². The minimum atomic E-state index is -1.26. The Morgan fingerprint density at radius 2 is 2.08 bits per heavy atom. The zero-order valence-electron chi connectivity index (χ0n) is 7.66. The molecular weight excluding hydrogens is 160 g/mol. The summed E-state index contributed by atoms with van der Waals surface area (Å²) in [4.78, 5) is 10.0. The van der Waals surface area contributed by atoms with Crippen molar-refractivity contribution in [3.63, 3.8) is 0 Å². The van der Waals surface area contributed by atoms with E-state index in [1.165, 1.54) is 0 Å². The molecule has 0 aromatic heterocycles. The number of carboxylic acids is 1. The van der Waals surface area contributed by atoms with E-state index >= 15 is 0 Å². The van der Waals surface area contributed by atoms with Crippen molar-refractivity contribution < 1.29 is 19.7 Å². The number of rotatable bonds is 4. The molecule has 0 heterocycles. The van der Waals surface area contributed by atoms with Crippen LogP contribution in [0.5, 0.6) is 0 Å². The zero-order chi connectivity index (χ0) is 9.78. The van der Waals surface area contributed by atoms with Crippen LogP contribution < -0.4 is 5.11 Å². The van der Waals surface area contributed by atoms with Gasteiger partial charge in [0.2, 0.25) is 0 Å². The molecule has 1 N–H and O–H groups in total. The third-order valence-electron chi connectivity index (χ3n) is 1.11. The second-order valence-corrected chi connectivity index (χ2v) is 3.65. The fourth-order valence-corrected chi connectivity index (χ4v) is 0.598. The van der Waals surface area contributed by atoms with E-state index in [-0.39, 0.29) is 18.6 Å². The summed E-state index contributed by atoms with van der Waals surface area (Å²) in [5.74, 6) is -1.26. The van der Waals surface area contributed by atoms with Crippen molar-refractivity contribution in [2.75, 3.05) is 6.61 Å². The van der Waals surface area contributed by atoms with Crippen LogP contribution in [0.15, 0.2) is 0 Å². The van der Waals surface area contributed by atoms with Crippen molar-refractivity contribution in [3.05, 3.63) is 0 Å². The number of ether oxygens (including phenoxy) is 1. The van der Waals surface area contributed by atoms with E-state index in [0.717, 1.165) is 0 Å². The number of carboxylic acid groups (broad SMARTS) is 1. The number of aliphatic hydroxyl groups is 1. The number of hydrogen-bond donors (Lipinski definition) is 1. The van der Waals surface area contributed by atoms with Crippen LogP contribution in [0.1, 0.15) is 27.2 Å². The first kappa shape index (κ1) is 11.4. The Bertz CT molecular complexity index is 148. The van der Waals surface area contributed by atoms with Gasteiger partial charge in [0.25, 0.3) is 0 Å². The lowest BCUT2D eigenvalue weighted by Crippen LogP contribution is -2.32. The van der Waals surface area contributed by atoms with Gasteiger partial charge >= 0.3 is 0 Å². The summed E-state index contributed by atoms with van der Waals surface area (Å²) in [6.45, 7) is 5.52. The molecule has 0 rings (SSSR count). The summed E-state index contributed by atoms with van der Waals surface area (Å²) in [7, 11) is 0. The maximum atomic E-state index is 10.0. The van der Waals surface area contributed by atoms with Crippen molar-refractivity contribution in [2.45, 2.75) is 38.9 Å². The predicted octanol–water partition coefficient (Wildman–Crippen LogP) is -0.698. The quantitative estimate of drug-likeness (QED) is 0.613. The summed E-state index contributed by atoms with van der Waals surface area (Å²) in [6, 6.07) is 0. The van der Waals surface area contributed by atoms with Crippen molar-refractivity contribution in [1.82, 2.24) is 0 Å². The van der Waals surface area contributed by atoms with Crippen LogP contribution in [0.2, 0.25) is 0 Å². The molecule has 12 heavy (non-hydrogen) atoms. The summed E-state index contributed by atoms with van der Waals surface area (Å²) < 4.78 is 5.15. The highest BCUT2D eigenvalue weighted by Gasteiger charge is 2.13. The second-order valence-electron chi connectivity index (χ2n) is 3.65. The molecule has 0 unspecified atom stereocenters. The SMILES string of the molecule is CC(C)(C)OC[C@@H](O)CC(=O)[O-]. The van der Waals surface area contributed by atoms with Gasteiger partial charge in [0, 0.05) is 12.4 Å². The molecule has 0 saturated carbocycles. The van der Waals surface area contributed by atoms with E-state index in [0.29, 0.717) is 0 Å². The molecule has 0 aromatic carbocycles. The summed E-state index contributed by atoms with van der Waals surface area (Å²) in [5.41, 5.74) is -0.354. The van der Waals surface area contributed by atoms with Crippen LogP contribution in [-0.2, 0) is 9.53 Å². The van der Waals surface area contributed by atoms with Gasteiger partial charge in [-0.25, -0.2) is 0 Å². The smallest absolute Gasteiger partial charge is 0.0825 e. The molecule has 0 amide bonds. The minimum Gasteiger partial charge on any atom is -0.550 e. The normalized spacial score (nSPS) is 14.3. The zero-order valence-corrected chi connectivity index (χ0v) is 7.66. The van der Waals surface area contributed by atoms with E-state index in [4.69, 9.17) is 9.84 Å². The molecule has 72 valence electrons. The summed E-state index contributed by atoms with van der Waals surface area (Å²) in [6.07, 6.45) is -1.36. The van der Waals surface area contributed by atoms with Crippen molar-refractivity contribution in [3.8, 4) is 0 Å². The van der Waals surface area contributed by atoms with Gasteiger partial charge < -0.3 is 19.7 Å². The molecule has 0 aromatic rings. The van der Waals surface area contributed by atoms with Crippen LogP contribution >= 0.6 is 0 Å². The highest BCUT2D eigenvalue weighted by molar-refractivity contribution is 5.64. The van der Waals surface area contributed by atoms with E-state index in [9.17, 15) is 9.90 Å². The van der Waals surface area contributed by atoms with Crippen molar-refractivity contribution in [1.29, 1.82) is 0 Å². The molecule has 0 radical (unpaired) electrons. The first-order valence-electron chi connectivity index (χ1n) is 3.83. The first-order chi connectivity index (χ1) is 5.31. The van der Waals surface area contributed by atoms with Crippen LogP contribution in [0, 0.1) is 0 Å². The van der Waals surface area contributed by atoms with Gasteiger partial charge in [0.1, 0.15) is 0 Å². The Hall–Kier alpha value is -0.610. The van der Waals surface area contributed by atoms with Crippen LogP contribution in [0.3, 0.4) is 0 Å². The lowest BCUT2D eigenvalue weighted by Gasteiger charge is -2.22. The molecule has 1 atom stereocenters. The topological polar surface area (TPSA) is 69.6 Å². The van der Waals surface area contributed by atoms with Gasteiger partial charge in [-0.1, -0.05) is 0 Å². The average molecular weight is 175 g/mol. The average Bonchev–Trinajstić information content (AvgIpc) is 1.80. The first-order valence-corrected chi connectivity index (χ1v) is 3.83.